The molecule has 0 aliphatic carbocycles. The molecule has 1 heterocycles. The van der Waals surface area contributed by atoms with Gasteiger partial charge in [0.25, 0.3) is 0 Å². The molecule has 0 radical (unpaired) electrons. The zero-order valence-corrected chi connectivity index (χ0v) is 10.8. The minimum Gasteiger partial charge on any atom is -0.390 e. The maximum atomic E-state index is 10.7. The lowest BCUT2D eigenvalue weighted by Gasteiger charge is -2.18. The van der Waals surface area contributed by atoms with Gasteiger partial charge < -0.3 is 10.2 Å². The first kappa shape index (κ1) is 14.2. The Bertz CT molecular complexity index is 384. The van der Waals surface area contributed by atoms with Crippen molar-refractivity contribution in [3.8, 4) is 0 Å². The van der Waals surface area contributed by atoms with Crippen molar-refractivity contribution in [2.75, 3.05) is 5.75 Å². The summed E-state index contributed by atoms with van der Waals surface area (Å²) in [5, 5.41) is 19.7. The zero-order valence-electron chi connectivity index (χ0n) is 9.96. The average molecular weight is 255 g/mol. The molecule has 0 aromatic carbocycles. The van der Waals surface area contributed by atoms with Gasteiger partial charge in [-0.05, 0) is 25.0 Å². The highest BCUT2D eigenvalue weighted by atomic mass is 32.2. The molecule has 0 aliphatic rings. The molecule has 2 N–H and O–H groups in total. The first-order chi connectivity index (χ1) is 8.02. The van der Waals surface area contributed by atoms with Gasteiger partial charge in [-0.25, -0.2) is 0 Å². The summed E-state index contributed by atoms with van der Waals surface area (Å²) in [5.74, 6) is 0.499. The molecule has 0 aliphatic heterocycles. The maximum Gasteiger partial charge on any atom is 0.185 e. The predicted octanol–water partition coefficient (Wildman–Crippen LogP) is 1.45. The van der Waals surface area contributed by atoms with Crippen molar-refractivity contribution in [3.05, 3.63) is 29.6 Å². The summed E-state index contributed by atoms with van der Waals surface area (Å²) >= 11 is 1.15. The lowest BCUT2D eigenvalue weighted by atomic mass is 10.0. The minimum atomic E-state index is -0.997. The predicted molar refractivity (Wildman–Crippen MR) is 67.7 cm³/mol. The number of aliphatic hydroxyl groups excluding tert-OH is 2. The Morgan fingerprint density at radius 2 is 2.24 bits per heavy atom. The van der Waals surface area contributed by atoms with Crippen LogP contribution in [0.2, 0.25) is 0 Å². The SMILES string of the molecule is CC(=O)SCCC(O)C(O)c1ncccc1C. The molecular formula is C12H17NO3S. The molecule has 1 aromatic heterocycles. The molecule has 2 atom stereocenters. The number of aryl methyl sites for hydroxylation is 1. The number of pyridine rings is 1. The Labute approximate surface area is 105 Å². The van der Waals surface area contributed by atoms with Crippen LogP contribution in [0.3, 0.4) is 0 Å². The number of carbonyl (C=O) groups is 1. The van der Waals surface area contributed by atoms with Gasteiger partial charge in [0.15, 0.2) is 5.12 Å². The van der Waals surface area contributed by atoms with E-state index >= 15 is 0 Å². The molecule has 17 heavy (non-hydrogen) atoms. The quantitative estimate of drug-likeness (QED) is 0.833. The van der Waals surface area contributed by atoms with Gasteiger partial charge in [-0.15, -0.1) is 0 Å². The van der Waals surface area contributed by atoms with Crippen molar-refractivity contribution in [2.24, 2.45) is 0 Å². The van der Waals surface area contributed by atoms with Crippen molar-refractivity contribution in [1.29, 1.82) is 0 Å². The molecule has 2 unspecified atom stereocenters. The third-order valence-electron chi connectivity index (χ3n) is 2.41. The van der Waals surface area contributed by atoms with E-state index in [0.29, 0.717) is 17.9 Å². The molecule has 1 rings (SSSR count). The Morgan fingerprint density at radius 3 is 2.82 bits per heavy atom. The van der Waals surface area contributed by atoms with Crippen LogP contribution in [0, 0.1) is 6.92 Å². The third-order valence-corrected chi connectivity index (χ3v) is 3.26. The molecule has 0 saturated heterocycles. The summed E-state index contributed by atoms with van der Waals surface area (Å²) in [6.45, 7) is 3.32. The van der Waals surface area contributed by atoms with Gasteiger partial charge in [-0.2, -0.15) is 0 Å². The molecule has 0 amide bonds. The van der Waals surface area contributed by atoms with E-state index in [1.165, 1.54) is 6.92 Å². The third kappa shape index (κ3) is 4.46. The number of hydrogen-bond acceptors (Lipinski definition) is 5. The van der Waals surface area contributed by atoms with Gasteiger partial charge >= 0.3 is 0 Å². The highest BCUT2D eigenvalue weighted by molar-refractivity contribution is 8.13. The fourth-order valence-corrected chi connectivity index (χ4v) is 2.12. The number of hydrogen-bond donors (Lipinski definition) is 2. The van der Waals surface area contributed by atoms with Crippen LogP contribution in [0.1, 0.15) is 30.7 Å². The second-order valence-corrected chi connectivity index (χ2v) is 5.12. The fourth-order valence-electron chi connectivity index (χ4n) is 1.47. The average Bonchev–Trinajstić information content (AvgIpc) is 2.28. The molecule has 4 nitrogen and oxygen atoms in total. The van der Waals surface area contributed by atoms with E-state index in [2.05, 4.69) is 4.98 Å². The Balaban J connectivity index is 2.55. The van der Waals surface area contributed by atoms with E-state index in [0.717, 1.165) is 17.3 Å². The number of aliphatic hydroxyl groups is 2. The fraction of sp³-hybridized carbons (Fsp3) is 0.500. The summed E-state index contributed by atoms with van der Waals surface area (Å²) in [5.41, 5.74) is 1.34. The van der Waals surface area contributed by atoms with E-state index in [1.54, 1.807) is 12.3 Å². The molecule has 1 aromatic rings. The highest BCUT2D eigenvalue weighted by Gasteiger charge is 2.20. The van der Waals surface area contributed by atoms with E-state index in [9.17, 15) is 15.0 Å². The van der Waals surface area contributed by atoms with Crippen molar-refractivity contribution in [3.63, 3.8) is 0 Å². The monoisotopic (exact) mass is 255 g/mol. The van der Waals surface area contributed by atoms with E-state index < -0.39 is 12.2 Å². The lowest BCUT2D eigenvalue weighted by molar-refractivity contribution is -0.109. The molecule has 0 bridgehead atoms. The molecule has 94 valence electrons. The van der Waals surface area contributed by atoms with E-state index in [4.69, 9.17) is 0 Å². The topological polar surface area (TPSA) is 70.4 Å². The number of rotatable bonds is 5. The van der Waals surface area contributed by atoms with Crippen LogP contribution in [0.25, 0.3) is 0 Å². The van der Waals surface area contributed by atoms with Gasteiger partial charge in [0.2, 0.25) is 0 Å². The first-order valence-electron chi connectivity index (χ1n) is 5.43. The van der Waals surface area contributed by atoms with Gasteiger partial charge in [-0.3, -0.25) is 9.78 Å². The molecule has 0 fully saturated rings. The highest BCUT2D eigenvalue weighted by Crippen LogP contribution is 2.21. The summed E-state index contributed by atoms with van der Waals surface area (Å²) in [6, 6.07) is 3.62. The normalized spacial score (nSPS) is 14.4. The van der Waals surface area contributed by atoms with Crippen LogP contribution in [-0.2, 0) is 4.79 Å². The summed E-state index contributed by atoms with van der Waals surface area (Å²) < 4.78 is 0. The Hall–Kier alpha value is -0.910. The Morgan fingerprint density at radius 1 is 1.53 bits per heavy atom. The summed E-state index contributed by atoms with van der Waals surface area (Å²) in [6.07, 6.45) is 0.0588. The minimum absolute atomic E-state index is 0.0145. The van der Waals surface area contributed by atoms with Crippen molar-refractivity contribution < 1.29 is 15.0 Å². The number of aromatic nitrogens is 1. The summed E-state index contributed by atoms with van der Waals surface area (Å²) in [7, 11) is 0. The largest absolute Gasteiger partial charge is 0.390 e. The van der Waals surface area contributed by atoms with Crippen molar-refractivity contribution in [1.82, 2.24) is 4.98 Å². The molecule has 0 saturated carbocycles. The van der Waals surface area contributed by atoms with Crippen molar-refractivity contribution in [2.45, 2.75) is 32.5 Å². The lowest BCUT2D eigenvalue weighted by Crippen LogP contribution is -2.21. The van der Waals surface area contributed by atoms with E-state index in [-0.39, 0.29) is 5.12 Å². The van der Waals surface area contributed by atoms with Crippen LogP contribution >= 0.6 is 11.8 Å². The van der Waals surface area contributed by atoms with Crippen LogP contribution in [-0.4, -0.2) is 32.2 Å². The molecular weight excluding hydrogens is 238 g/mol. The molecule has 5 heteroatoms. The Kier molecular flexibility index (Phi) is 5.61. The van der Waals surface area contributed by atoms with Crippen LogP contribution in [0.4, 0.5) is 0 Å². The maximum absolute atomic E-state index is 10.7. The second-order valence-electron chi connectivity index (χ2n) is 3.85. The van der Waals surface area contributed by atoms with Gasteiger partial charge in [0, 0.05) is 18.9 Å². The van der Waals surface area contributed by atoms with Gasteiger partial charge in [-0.1, -0.05) is 17.8 Å². The molecule has 0 spiro atoms. The zero-order chi connectivity index (χ0) is 12.8. The standard InChI is InChI=1S/C12H17NO3S/c1-8-4-3-6-13-11(8)12(16)10(15)5-7-17-9(2)14/h3-4,6,10,12,15-16H,5,7H2,1-2H3. The van der Waals surface area contributed by atoms with Crippen molar-refractivity contribution >= 4 is 16.9 Å². The smallest absolute Gasteiger partial charge is 0.185 e. The number of nitrogens with zero attached hydrogens (tertiary/aromatic N) is 1. The van der Waals surface area contributed by atoms with Gasteiger partial charge in [0.1, 0.15) is 6.10 Å². The first-order valence-corrected chi connectivity index (χ1v) is 6.42. The van der Waals surface area contributed by atoms with Gasteiger partial charge in [0.05, 0.1) is 11.8 Å². The van der Waals surface area contributed by atoms with E-state index in [1.807, 2.05) is 13.0 Å². The van der Waals surface area contributed by atoms with Crippen LogP contribution in [0.15, 0.2) is 18.3 Å². The van der Waals surface area contributed by atoms with Crippen LogP contribution < -0.4 is 0 Å². The number of carbonyl (C=O) groups excluding carboxylic acids is 1. The summed E-state index contributed by atoms with van der Waals surface area (Å²) in [4.78, 5) is 14.8. The second kappa shape index (κ2) is 6.74. The van der Waals surface area contributed by atoms with Crippen LogP contribution in [0.5, 0.6) is 0 Å². The number of thioether (sulfide) groups is 1.